The van der Waals surface area contributed by atoms with Crippen LogP contribution in [-0.2, 0) is 0 Å². The summed E-state index contributed by atoms with van der Waals surface area (Å²) < 4.78 is 0. The Balaban J connectivity index is 1.74. The van der Waals surface area contributed by atoms with Crippen LogP contribution >= 0.6 is 0 Å². The molecule has 2 saturated carbocycles. The van der Waals surface area contributed by atoms with Crippen molar-refractivity contribution in [2.45, 2.75) is 31.8 Å². The minimum absolute atomic E-state index is 0.334. The Morgan fingerprint density at radius 2 is 1.73 bits per heavy atom. The molecule has 80 valence electrons. The van der Waals surface area contributed by atoms with E-state index in [9.17, 15) is 5.11 Å². The second-order valence-corrected chi connectivity index (χ2v) is 4.81. The topological polar surface area (TPSA) is 46.0 Å². The lowest BCUT2D eigenvalue weighted by molar-refractivity contribution is 0.141. The highest BCUT2D eigenvalue weighted by Crippen LogP contribution is 2.60. The zero-order valence-electron chi connectivity index (χ0n) is 8.71. The van der Waals surface area contributed by atoms with Crippen LogP contribution in [0.1, 0.15) is 37.4 Å². The van der Waals surface area contributed by atoms with E-state index in [1.54, 1.807) is 12.4 Å². The number of hydrogen-bond donors (Lipinski definition) is 1. The first-order chi connectivity index (χ1) is 7.38. The maximum Gasteiger partial charge on any atom is 0.115 e. The molecule has 2 aliphatic carbocycles. The maximum atomic E-state index is 10.2. The van der Waals surface area contributed by atoms with Crippen LogP contribution in [0, 0.1) is 17.8 Å². The molecule has 0 radical (unpaired) electrons. The normalized spacial score (nSPS) is 35.7. The molecule has 0 amide bonds. The van der Waals surface area contributed by atoms with Gasteiger partial charge in [0.05, 0.1) is 6.10 Å². The van der Waals surface area contributed by atoms with Gasteiger partial charge in [0.25, 0.3) is 0 Å². The Hall–Kier alpha value is -0.960. The van der Waals surface area contributed by atoms with Gasteiger partial charge in [-0.15, -0.1) is 0 Å². The van der Waals surface area contributed by atoms with Gasteiger partial charge in [-0.25, -0.2) is 9.97 Å². The van der Waals surface area contributed by atoms with Gasteiger partial charge in [0.15, 0.2) is 0 Å². The van der Waals surface area contributed by atoms with Crippen molar-refractivity contribution in [2.75, 3.05) is 0 Å². The van der Waals surface area contributed by atoms with Crippen molar-refractivity contribution in [1.29, 1.82) is 0 Å². The van der Waals surface area contributed by atoms with Gasteiger partial charge in [0.2, 0.25) is 0 Å². The lowest BCUT2D eigenvalue weighted by atomic mass is 10.0. The van der Waals surface area contributed by atoms with Gasteiger partial charge in [0.1, 0.15) is 6.33 Å². The Bertz CT molecular complexity index is 329. The van der Waals surface area contributed by atoms with Gasteiger partial charge in [-0.1, -0.05) is 12.8 Å². The summed E-state index contributed by atoms with van der Waals surface area (Å²) in [5.74, 6) is 2.03. The summed E-state index contributed by atoms with van der Waals surface area (Å²) in [4.78, 5) is 7.92. The molecule has 3 atom stereocenters. The molecule has 1 N–H and O–H groups in total. The second kappa shape index (κ2) is 3.56. The summed E-state index contributed by atoms with van der Waals surface area (Å²) in [5, 5.41) is 10.2. The monoisotopic (exact) mass is 204 g/mol. The Labute approximate surface area is 89.6 Å². The molecule has 1 aromatic heterocycles. The van der Waals surface area contributed by atoms with Crippen molar-refractivity contribution in [3.8, 4) is 0 Å². The highest BCUT2D eigenvalue weighted by molar-refractivity contribution is 5.14. The average molecular weight is 204 g/mol. The van der Waals surface area contributed by atoms with E-state index >= 15 is 0 Å². The van der Waals surface area contributed by atoms with Crippen molar-refractivity contribution < 1.29 is 5.11 Å². The average Bonchev–Trinajstić information content (AvgIpc) is 3.03. The molecule has 1 aromatic rings. The summed E-state index contributed by atoms with van der Waals surface area (Å²) in [6.45, 7) is 0. The standard InChI is InChI=1S/C12H16N2O/c15-12(8-5-13-7-14-6-8)11-9-3-1-2-4-10(9)11/h5-7,9-12,15H,1-4H2. The van der Waals surface area contributed by atoms with E-state index in [0.717, 1.165) is 17.4 Å². The first kappa shape index (κ1) is 9.28. The first-order valence-electron chi connectivity index (χ1n) is 5.81. The van der Waals surface area contributed by atoms with Crippen LogP contribution in [0.15, 0.2) is 18.7 Å². The third-order valence-electron chi connectivity index (χ3n) is 4.01. The Morgan fingerprint density at radius 3 is 2.33 bits per heavy atom. The minimum atomic E-state index is -0.334. The van der Waals surface area contributed by atoms with Crippen LogP contribution in [-0.4, -0.2) is 15.1 Å². The van der Waals surface area contributed by atoms with Gasteiger partial charge in [-0.05, 0) is 30.6 Å². The summed E-state index contributed by atoms with van der Waals surface area (Å²) in [6.07, 6.45) is 9.95. The molecule has 3 nitrogen and oxygen atoms in total. The largest absolute Gasteiger partial charge is 0.388 e. The zero-order chi connectivity index (χ0) is 10.3. The van der Waals surface area contributed by atoms with Crippen molar-refractivity contribution in [3.63, 3.8) is 0 Å². The number of aliphatic hydroxyl groups excluding tert-OH is 1. The van der Waals surface area contributed by atoms with E-state index in [0.29, 0.717) is 5.92 Å². The van der Waals surface area contributed by atoms with E-state index < -0.39 is 0 Å². The van der Waals surface area contributed by atoms with E-state index in [1.807, 2.05) is 0 Å². The number of rotatable bonds is 2. The lowest BCUT2D eigenvalue weighted by Crippen LogP contribution is -2.03. The maximum absolute atomic E-state index is 10.2. The molecule has 3 unspecified atom stereocenters. The van der Waals surface area contributed by atoms with Crippen molar-refractivity contribution in [2.24, 2.45) is 17.8 Å². The van der Waals surface area contributed by atoms with Crippen LogP contribution in [0.4, 0.5) is 0 Å². The second-order valence-electron chi connectivity index (χ2n) is 4.81. The molecule has 15 heavy (non-hydrogen) atoms. The summed E-state index contributed by atoms with van der Waals surface area (Å²) in [7, 11) is 0. The first-order valence-corrected chi connectivity index (χ1v) is 5.81. The number of hydrogen-bond acceptors (Lipinski definition) is 3. The molecular weight excluding hydrogens is 188 g/mol. The molecule has 1 heterocycles. The molecule has 2 fully saturated rings. The molecule has 0 bridgehead atoms. The quantitative estimate of drug-likeness (QED) is 0.800. The van der Waals surface area contributed by atoms with Gasteiger partial charge < -0.3 is 5.11 Å². The van der Waals surface area contributed by atoms with Gasteiger partial charge in [-0.3, -0.25) is 0 Å². The molecule has 2 aliphatic rings. The third-order valence-corrected chi connectivity index (χ3v) is 4.01. The van der Waals surface area contributed by atoms with Crippen LogP contribution in [0.5, 0.6) is 0 Å². The van der Waals surface area contributed by atoms with Crippen molar-refractivity contribution in [3.05, 3.63) is 24.3 Å². The minimum Gasteiger partial charge on any atom is -0.388 e. The fraction of sp³-hybridized carbons (Fsp3) is 0.667. The highest BCUT2D eigenvalue weighted by Gasteiger charge is 2.54. The number of nitrogens with zero attached hydrogens (tertiary/aromatic N) is 2. The van der Waals surface area contributed by atoms with Crippen LogP contribution in [0.3, 0.4) is 0 Å². The van der Waals surface area contributed by atoms with Crippen LogP contribution < -0.4 is 0 Å². The molecule has 0 aliphatic heterocycles. The summed E-state index contributed by atoms with van der Waals surface area (Å²) in [5.41, 5.74) is 0.886. The third kappa shape index (κ3) is 1.55. The number of aliphatic hydroxyl groups is 1. The molecular formula is C12H16N2O. The smallest absolute Gasteiger partial charge is 0.115 e. The van der Waals surface area contributed by atoms with E-state index in [4.69, 9.17) is 0 Å². The van der Waals surface area contributed by atoms with Crippen molar-refractivity contribution in [1.82, 2.24) is 9.97 Å². The number of aromatic nitrogens is 2. The fourth-order valence-corrected chi connectivity index (χ4v) is 3.20. The fourth-order valence-electron chi connectivity index (χ4n) is 3.20. The molecule has 0 aromatic carbocycles. The van der Waals surface area contributed by atoms with Crippen LogP contribution in [0.25, 0.3) is 0 Å². The Kier molecular flexibility index (Phi) is 2.20. The molecule has 3 heteroatoms. The molecule has 0 saturated heterocycles. The number of fused-ring (bicyclic) bond motifs is 1. The van der Waals surface area contributed by atoms with E-state index in [1.165, 1.54) is 32.0 Å². The highest BCUT2D eigenvalue weighted by atomic mass is 16.3. The lowest BCUT2D eigenvalue weighted by Gasteiger charge is -2.08. The van der Waals surface area contributed by atoms with E-state index in [2.05, 4.69) is 9.97 Å². The van der Waals surface area contributed by atoms with Gasteiger partial charge in [-0.2, -0.15) is 0 Å². The summed E-state index contributed by atoms with van der Waals surface area (Å²) >= 11 is 0. The van der Waals surface area contributed by atoms with Crippen LogP contribution in [0.2, 0.25) is 0 Å². The Morgan fingerprint density at radius 1 is 1.13 bits per heavy atom. The summed E-state index contributed by atoms with van der Waals surface area (Å²) in [6, 6.07) is 0. The van der Waals surface area contributed by atoms with Crippen molar-refractivity contribution >= 4 is 0 Å². The van der Waals surface area contributed by atoms with E-state index in [-0.39, 0.29) is 6.10 Å². The van der Waals surface area contributed by atoms with Gasteiger partial charge >= 0.3 is 0 Å². The molecule has 0 spiro atoms. The van der Waals surface area contributed by atoms with Gasteiger partial charge in [0, 0.05) is 18.0 Å². The SMILES string of the molecule is OC(c1cncnc1)C1C2CCCCC21. The molecule has 3 rings (SSSR count). The zero-order valence-corrected chi connectivity index (χ0v) is 8.71. The predicted molar refractivity (Wildman–Crippen MR) is 55.9 cm³/mol. The predicted octanol–water partition coefficient (Wildman–Crippen LogP) is 1.95.